The predicted molar refractivity (Wildman–Crippen MR) is 52.3 cm³/mol. The monoisotopic (exact) mass is 179 g/mol. The molecule has 12 heavy (non-hydrogen) atoms. The van der Waals surface area contributed by atoms with Crippen LogP contribution < -0.4 is 5.73 Å². The third kappa shape index (κ3) is 0.956. The Morgan fingerprint density at radius 1 is 1.50 bits per heavy atom. The highest BCUT2D eigenvalue weighted by Crippen LogP contribution is 2.26. The number of aromatic amines is 1. The largest absolute Gasteiger partial charge is 0.382 e. The summed E-state index contributed by atoms with van der Waals surface area (Å²) < 4.78 is 0. The first-order valence-corrected chi connectivity index (χ1v) is 4.82. The molecule has 62 valence electrons. The standard InChI is InChI=1S/C8H9N3S/c1-12-6-4-2-3-5-7(6)10-11-8(5)9/h2-4H,1H3,(H3,9,10,11). The van der Waals surface area contributed by atoms with Gasteiger partial charge in [0.05, 0.1) is 5.52 Å². The minimum Gasteiger partial charge on any atom is -0.382 e. The average Bonchev–Trinajstić information content (AvgIpc) is 2.48. The number of para-hydroxylation sites is 1. The van der Waals surface area contributed by atoms with Crippen molar-refractivity contribution in [3.05, 3.63) is 18.2 Å². The van der Waals surface area contributed by atoms with Gasteiger partial charge in [-0.25, -0.2) is 0 Å². The summed E-state index contributed by atoms with van der Waals surface area (Å²) in [6.45, 7) is 0. The van der Waals surface area contributed by atoms with E-state index in [2.05, 4.69) is 10.2 Å². The van der Waals surface area contributed by atoms with Crippen LogP contribution >= 0.6 is 11.8 Å². The predicted octanol–water partition coefficient (Wildman–Crippen LogP) is 1.87. The number of nitrogens with zero attached hydrogens (tertiary/aromatic N) is 1. The molecule has 0 atom stereocenters. The van der Waals surface area contributed by atoms with Gasteiger partial charge in [-0.15, -0.1) is 11.8 Å². The smallest absolute Gasteiger partial charge is 0.153 e. The van der Waals surface area contributed by atoms with E-state index in [-0.39, 0.29) is 0 Å². The molecule has 0 radical (unpaired) electrons. The Kier molecular flexibility index (Phi) is 1.69. The molecular formula is C8H9N3S. The van der Waals surface area contributed by atoms with Crippen LogP contribution in [0.2, 0.25) is 0 Å². The molecule has 0 spiro atoms. The zero-order valence-electron chi connectivity index (χ0n) is 6.66. The van der Waals surface area contributed by atoms with Gasteiger partial charge in [0.15, 0.2) is 5.82 Å². The molecule has 2 rings (SSSR count). The van der Waals surface area contributed by atoms with Crippen molar-refractivity contribution in [2.75, 3.05) is 12.0 Å². The molecule has 1 aromatic carbocycles. The molecule has 0 saturated carbocycles. The molecule has 2 aromatic rings. The zero-order chi connectivity index (χ0) is 8.55. The maximum absolute atomic E-state index is 5.65. The van der Waals surface area contributed by atoms with Gasteiger partial charge in [-0.2, -0.15) is 5.10 Å². The Hall–Kier alpha value is -1.16. The molecule has 0 bridgehead atoms. The first kappa shape index (κ1) is 7.49. The fraction of sp³-hybridized carbons (Fsp3) is 0.125. The van der Waals surface area contributed by atoms with Crippen LogP contribution in [0.25, 0.3) is 10.9 Å². The van der Waals surface area contributed by atoms with E-state index in [4.69, 9.17) is 5.73 Å². The van der Waals surface area contributed by atoms with E-state index in [1.165, 1.54) is 4.90 Å². The average molecular weight is 179 g/mol. The number of thioether (sulfide) groups is 1. The highest BCUT2D eigenvalue weighted by atomic mass is 32.2. The molecule has 3 nitrogen and oxygen atoms in total. The molecule has 0 aliphatic rings. The Bertz CT molecular complexity index is 408. The van der Waals surface area contributed by atoms with E-state index in [0.29, 0.717) is 5.82 Å². The lowest BCUT2D eigenvalue weighted by atomic mass is 10.2. The Morgan fingerprint density at radius 3 is 3.08 bits per heavy atom. The summed E-state index contributed by atoms with van der Waals surface area (Å²) in [6, 6.07) is 6.00. The van der Waals surface area contributed by atoms with Gasteiger partial charge in [0.1, 0.15) is 0 Å². The van der Waals surface area contributed by atoms with Crippen LogP contribution in [0, 0.1) is 0 Å². The fourth-order valence-corrected chi connectivity index (χ4v) is 1.78. The second kappa shape index (κ2) is 2.71. The second-order valence-electron chi connectivity index (χ2n) is 2.49. The van der Waals surface area contributed by atoms with Crippen molar-refractivity contribution in [2.24, 2.45) is 0 Å². The highest BCUT2D eigenvalue weighted by Gasteiger charge is 2.04. The van der Waals surface area contributed by atoms with Gasteiger partial charge in [-0.1, -0.05) is 6.07 Å². The lowest BCUT2D eigenvalue weighted by Gasteiger charge is -1.96. The maximum atomic E-state index is 5.65. The minimum absolute atomic E-state index is 0.570. The second-order valence-corrected chi connectivity index (χ2v) is 3.34. The first-order valence-electron chi connectivity index (χ1n) is 3.59. The van der Waals surface area contributed by atoms with Crippen molar-refractivity contribution < 1.29 is 0 Å². The van der Waals surface area contributed by atoms with Gasteiger partial charge in [0.25, 0.3) is 0 Å². The number of H-pyrrole nitrogens is 1. The SMILES string of the molecule is CSc1cccc2c(N)n[nH]c12. The molecule has 3 N–H and O–H groups in total. The molecule has 1 aromatic heterocycles. The number of fused-ring (bicyclic) bond motifs is 1. The summed E-state index contributed by atoms with van der Waals surface area (Å²) in [6.07, 6.45) is 2.03. The Balaban J connectivity index is 2.81. The number of hydrogen-bond donors (Lipinski definition) is 2. The molecule has 0 fully saturated rings. The zero-order valence-corrected chi connectivity index (χ0v) is 7.48. The summed E-state index contributed by atoms with van der Waals surface area (Å²) in [7, 11) is 0. The van der Waals surface area contributed by atoms with Gasteiger partial charge < -0.3 is 5.73 Å². The third-order valence-corrected chi connectivity index (χ3v) is 2.59. The van der Waals surface area contributed by atoms with E-state index in [0.717, 1.165) is 10.9 Å². The van der Waals surface area contributed by atoms with Gasteiger partial charge in [0, 0.05) is 10.3 Å². The van der Waals surface area contributed by atoms with Crippen LogP contribution in [0.3, 0.4) is 0 Å². The van der Waals surface area contributed by atoms with Crippen LogP contribution in [-0.2, 0) is 0 Å². The lowest BCUT2D eigenvalue weighted by Crippen LogP contribution is -1.83. The minimum atomic E-state index is 0.570. The van der Waals surface area contributed by atoms with Crippen molar-refractivity contribution in [2.45, 2.75) is 4.90 Å². The summed E-state index contributed by atoms with van der Waals surface area (Å²) in [4.78, 5) is 1.18. The van der Waals surface area contributed by atoms with E-state index in [1.54, 1.807) is 11.8 Å². The number of anilines is 1. The normalized spacial score (nSPS) is 10.8. The number of benzene rings is 1. The van der Waals surface area contributed by atoms with Crippen LogP contribution in [0.1, 0.15) is 0 Å². The van der Waals surface area contributed by atoms with Crippen LogP contribution in [0.5, 0.6) is 0 Å². The van der Waals surface area contributed by atoms with Gasteiger partial charge in [0.2, 0.25) is 0 Å². The molecular weight excluding hydrogens is 170 g/mol. The Morgan fingerprint density at radius 2 is 2.33 bits per heavy atom. The van der Waals surface area contributed by atoms with Crippen molar-refractivity contribution >= 4 is 28.5 Å². The summed E-state index contributed by atoms with van der Waals surface area (Å²) >= 11 is 1.68. The van der Waals surface area contributed by atoms with Gasteiger partial charge in [-0.05, 0) is 18.4 Å². The topological polar surface area (TPSA) is 54.7 Å². The fourth-order valence-electron chi connectivity index (χ4n) is 1.21. The van der Waals surface area contributed by atoms with E-state index in [9.17, 15) is 0 Å². The van der Waals surface area contributed by atoms with Gasteiger partial charge >= 0.3 is 0 Å². The number of aromatic nitrogens is 2. The molecule has 0 aliphatic heterocycles. The van der Waals surface area contributed by atoms with Crippen molar-refractivity contribution in [3.8, 4) is 0 Å². The van der Waals surface area contributed by atoms with Crippen LogP contribution in [-0.4, -0.2) is 16.5 Å². The molecule has 1 heterocycles. The van der Waals surface area contributed by atoms with Crippen LogP contribution in [0.4, 0.5) is 5.82 Å². The Labute approximate surface area is 74.3 Å². The summed E-state index contributed by atoms with van der Waals surface area (Å²) in [5.74, 6) is 0.570. The molecule has 0 aliphatic carbocycles. The highest BCUT2D eigenvalue weighted by molar-refractivity contribution is 7.98. The van der Waals surface area contributed by atoms with E-state index in [1.807, 2.05) is 24.5 Å². The van der Waals surface area contributed by atoms with Crippen molar-refractivity contribution in [1.82, 2.24) is 10.2 Å². The lowest BCUT2D eigenvalue weighted by molar-refractivity contribution is 1.12. The molecule has 4 heteroatoms. The van der Waals surface area contributed by atoms with Gasteiger partial charge in [-0.3, -0.25) is 5.10 Å². The van der Waals surface area contributed by atoms with Crippen LogP contribution in [0.15, 0.2) is 23.1 Å². The number of hydrogen-bond acceptors (Lipinski definition) is 3. The van der Waals surface area contributed by atoms with E-state index < -0.39 is 0 Å². The summed E-state index contributed by atoms with van der Waals surface area (Å²) in [5.41, 5.74) is 6.68. The third-order valence-electron chi connectivity index (χ3n) is 1.81. The number of rotatable bonds is 1. The van der Waals surface area contributed by atoms with Crippen molar-refractivity contribution in [3.63, 3.8) is 0 Å². The summed E-state index contributed by atoms with van der Waals surface area (Å²) in [5, 5.41) is 7.86. The van der Waals surface area contributed by atoms with Crippen molar-refractivity contribution in [1.29, 1.82) is 0 Å². The quantitative estimate of drug-likeness (QED) is 0.657. The molecule has 0 unspecified atom stereocenters. The molecule has 0 amide bonds. The van der Waals surface area contributed by atoms with E-state index >= 15 is 0 Å². The molecule has 0 saturated heterocycles. The first-order chi connectivity index (χ1) is 5.83. The number of nitrogens with two attached hydrogens (primary N) is 1. The number of nitrogens with one attached hydrogen (secondary N) is 1. The maximum Gasteiger partial charge on any atom is 0.153 e. The number of nitrogen functional groups attached to an aromatic ring is 1.